The minimum atomic E-state index is -0.566. The number of benzene rings is 1. The molecular formula is C24H26N6O2. The Morgan fingerprint density at radius 3 is 2.66 bits per heavy atom. The van der Waals surface area contributed by atoms with Crippen molar-refractivity contribution >= 4 is 23.1 Å². The van der Waals surface area contributed by atoms with Gasteiger partial charge in [0.25, 0.3) is 0 Å². The number of nitrogens with zero attached hydrogens (tertiary/aromatic N) is 3. The lowest BCUT2D eigenvalue weighted by Crippen LogP contribution is -2.28. The van der Waals surface area contributed by atoms with Gasteiger partial charge in [-0.15, -0.1) is 0 Å². The Labute approximate surface area is 185 Å². The largest absolute Gasteiger partial charge is 0.496 e. The summed E-state index contributed by atoms with van der Waals surface area (Å²) in [7, 11) is 1.70. The fraction of sp³-hybridized carbons (Fsp3) is 0.375. The minimum absolute atomic E-state index is 0.520. The van der Waals surface area contributed by atoms with Crippen LogP contribution in [0.2, 0.25) is 0 Å². The maximum Gasteiger partial charge on any atom is 0.141 e. The third kappa shape index (κ3) is 2.52. The molecule has 3 N–H and O–H groups in total. The van der Waals surface area contributed by atoms with Crippen LogP contribution in [0.3, 0.4) is 0 Å². The fourth-order valence-corrected chi connectivity index (χ4v) is 5.26. The first-order valence-corrected chi connectivity index (χ1v) is 11.0. The summed E-state index contributed by atoms with van der Waals surface area (Å²) in [6, 6.07) is 4.21. The average molecular weight is 431 g/mol. The Morgan fingerprint density at radius 1 is 1.16 bits per heavy atom. The van der Waals surface area contributed by atoms with Crippen LogP contribution in [0.4, 0.5) is 5.82 Å². The first-order chi connectivity index (χ1) is 15.4. The van der Waals surface area contributed by atoms with Crippen LogP contribution in [-0.2, 0) is 5.54 Å². The van der Waals surface area contributed by atoms with Crippen molar-refractivity contribution in [1.29, 1.82) is 0 Å². The van der Waals surface area contributed by atoms with Gasteiger partial charge in [0, 0.05) is 39.2 Å². The van der Waals surface area contributed by atoms with Crippen LogP contribution >= 0.6 is 0 Å². The molecule has 1 fully saturated rings. The van der Waals surface area contributed by atoms with Crippen LogP contribution in [0.5, 0.6) is 5.75 Å². The highest BCUT2D eigenvalue weighted by Gasteiger charge is 2.43. The van der Waals surface area contributed by atoms with Gasteiger partial charge in [0.1, 0.15) is 22.9 Å². The Kier molecular flexibility index (Phi) is 3.88. The summed E-state index contributed by atoms with van der Waals surface area (Å²) in [5.41, 5.74) is 7.68. The summed E-state index contributed by atoms with van der Waals surface area (Å²) in [4.78, 5) is 8.54. The standard InChI is InChI=1S/C24H26N6O2/c1-11-19(13(3)32-30-11)16-8-17-15(9-18(16)31-5)21-23(27-17)25-10-26-24(21,4)20-12(2)28-29-22(20)14-6-7-14/h8-10,14,27H,6-7H2,1-5H3,(H,25,26)(H,28,29). The molecule has 0 spiro atoms. The number of ether oxygens (including phenoxy) is 1. The molecule has 8 nitrogen and oxygen atoms in total. The van der Waals surface area contributed by atoms with Crippen LogP contribution in [0, 0.1) is 20.8 Å². The van der Waals surface area contributed by atoms with E-state index in [4.69, 9.17) is 14.3 Å². The summed E-state index contributed by atoms with van der Waals surface area (Å²) < 4.78 is 11.3. The molecule has 0 amide bonds. The van der Waals surface area contributed by atoms with Gasteiger partial charge in [0.15, 0.2) is 0 Å². The molecule has 2 aliphatic rings. The highest BCUT2D eigenvalue weighted by molar-refractivity contribution is 5.99. The lowest BCUT2D eigenvalue weighted by molar-refractivity contribution is 0.393. The lowest BCUT2D eigenvalue weighted by Gasteiger charge is -2.30. The Balaban J connectivity index is 1.61. The van der Waals surface area contributed by atoms with E-state index < -0.39 is 5.54 Å². The van der Waals surface area contributed by atoms with E-state index >= 15 is 0 Å². The molecule has 164 valence electrons. The molecule has 0 saturated heterocycles. The number of methoxy groups -OCH3 is 1. The molecule has 1 saturated carbocycles. The molecule has 4 heterocycles. The van der Waals surface area contributed by atoms with E-state index in [1.807, 2.05) is 13.8 Å². The van der Waals surface area contributed by atoms with Crippen LogP contribution in [0.15, 0.2) is 21.6 Å². The summed E-state index contributed by atoms with van der Waals surface area (Å²) in [6.45, 7) is 8.13. The van der Waals surface area contributed by atoms with Gasteiger partial charge < -0.3 is 19.6 Å². The topological polar surface area (TPSA) is 104 Å². The van der Waals surface area contributed by atoms with E-state index in [0.29, 0.717) is 5.92 Å². The number of aliphatic imine (C=N–C) groups is 1. The number of fused-ring (bicyclic) bond motifs is 3. The van der Waals surface area contributed by atoms with E-state index in [1.54, 1.807) is 13.4 Å². The quantitative estimate of drug-likeness (QED) is 0.419. The van der Waals surface area contributed by atoms with Crippen LogP contribution in [-0.4, -0.2) is 33.8 Å². The maximum absolute atomic E-state index is 5.84. The number of nitrogens with one attached hydrogen (secondary N) is 3. The van der Waals surface area contributed by atoms with Gasteiger partial charge >= 0.3 is 0 Å². The summed E-state index contributed by atoms with van der Waals surface area (Å²) in [6.07, 6.45) is 4.16. The number of aromatic amines is 2. The van der Waals surface area contributed by atoms with Crippen LogP contribution in [0.25, 0.3) is 22.0 Å². The van der Waals surface area contributed by atoms with Crippen molar-refractivity contribution in [3.8, 4) is 16.9 Å². The molecular weight excluding hydrogens is 404 g/mol. The van der Waals surface area contributed by atoms with Gasteiger partial charge in [-0.05, 0) is 52.7 Å². The average Bonchev–Trinajstić information content (AvgIpc) is 3.31. The number of anilines is 1. The van der Waals surface area contributed by atoms with E-state index in [0.717, 1.165) is 62.0 Å². The van der Waals surface area contributed by atoms with Gasteiger partial charge in [0.2, 0.25) is 0 Å². The van der Waals surface area contributed by atoms with Crippen LogP contribution < -0.4 is 10.1 Å². The molecule has 8 heteroatoms. The van der Waals surface area contributed by atoms with Crippen molar-refractivity contribution in [2.24, 2.45) is 4.99 Å². The molecule has 1 atom stereocenters. The number of rotatable bonds is 4. The first-order valence-electron chi connectivity index (χ1n) is 11.0. The second kappa shape index (κ2) is 6.48. The molecule has 1 aliphatic carbocycles. The Hall–Kier alpha value is -3.55. The van der Waals surface area contributed by atoms with Crippen molar-refractivity contribution in [2.45, 2.75) is 52.0 Å². The Bertz CT molecular complexity index is 1380. The van der Waals surface area contributed by atoms with E-state index in [1.165, 1.54) is 18.4 Å². The number of hydrogen-bond acceptors (Lipinski definition) is 6. The maximum atomic E-state index is 5.84. The lowest BCUT2D eigenvalue weighted by atomic mass is 9.81. The van der Waals surface area contributed by atoms with Gasteiger partial charge in [-0.1, -0.05) is 5.16 Å². The molecule has 1 aromatic carbocycles. The predicted molar refractivity (Wildman–Crippen MR) is 124 cm³/mol. The number of aromatic nitrogens is 4. The Morgan fingerprint density at radius 2 is 1.97 bits per heavy atom. The molecule has 1 aliphatic heterocycles. The highest BCUT2D eigenvalue weighted by Crippen LogP contribution is 2.51. The van der Waals surface area contributed by atoms with Crippen molar-refractivity contribution < 1.29 is 9.26 Å². The van der Waals surface area contributed by atoms with Crippen molar-refractivity contribution in [3.05, 3.63) is 46.1 Å². The summed E-state index contributed by atoms with van der Waals surface area (Å²) in [5.74, 6) is 3.01. The molecule has 4 aromatic rings. The van der Waals surface area contributed by atoms with Gasteiger partial charge in [0.05, 0.1) is 30.4 Å². The minimum Gasteiger partial charge on any atom is -0.496 e. The third-order valence-corrected chi connectivity index (χ3v) is 6.87. The highest BCUT2D eigenvalue weighted by atomic mass is 16.5. The van der Waals surface area contributed by atoms with Crippen molar-refractivity contribution in [3.63, 3.8) is 0 Å². The third-order valence-electron chi connectivity index (χ3n) is 6.87. The smallest absolute Gasteiger partial charge is 0.141 e. The van der Waals surface area contributed by atoms with Crippen molar-refractivity contribution in [1.82, 2.24) is 20.3 Å². The first kappa shape index (κ1) is 19.2. The number of aryl methyl sites for hydroxylation is 3. The molecule has 6 rings (SSSR count). The zero-order chi connectivity index (χ0) is 22.2. The zero-order valence-electron chi connectivity index (χ0n) is 18.9. The normalized spacial score (nSPS) is 19.9. The van der Waals surface area contributed by atoms with Gasteiger partial charge in [-0.25, -0.2) is 0 Å². The predicted octanol–water partition coefficient (Wildman–Crippen LogP) is 5.07. The molecule has 1 unspecified atom stereocenters. The number of H-pyrrole nitrogens is 2. The monoisotopic (exact) mass is 430 g/mol. The molecule has 3 aromatic heterocycles. The van der Waals surface area contributed by atoms with E-state index in [9.17, 15) is 0 Å². The van der Waals surface area contributed by atoms with Crippen molar-refractivity contribution in [2.75, 3.05) is 12.4 Å². The van der Waals surface area contributed by atoms with Gasteiger partial charge in [-0.3, -0.25) is 10.1 Å². The SMILES string of the molecule is COc1cc2c3c([nH]c2cc1-c1c(C)noc1C)NC=NC3(C)c1c(C2CC2)n[nH]c1C. The fourth-order valence-electron chi connectivity index (χ4n) is 5.26. The summed E-state index contributed by atoms with van der Waals surface area (Å²) in [5, 5.41) is 16.4. The molecule has 0 radical (unpaired) electrons. The molecule has 0 bridgehead atoms. The summed E-state index contributed by atoms with van der Waals surface area (Å²) >= 11 is 0. The number of hydrogen-bond donors (Lipinski definition) is 3. The van der Waals surface area contributed by atoms with E-state index in [-0.39, 0.29) is 0 Å². The second-order valence-electron chi connectivity index (χ2n) is 9.03. The second-order valence-corrected chi connectivity index (χ2v) is 9.03. The van der Waals surface area contributed by atoms with Crippen LogP contribution in [0.1, 0.15) is 59.7 Å². The zero-order valence-corrected chi connectivity index (χ0v) is 18.9. The molecule has 32 heavy (non-hydrogen) atoms. The van der Waals surface area contributed by atoms with Gasteiger partial charge in [-0.2, -0.15) is 5.10 Å². The van der Waals surface area contributed by atoms with E-state index in [2.05, 4.69) is 51.6 Å².